The first kappa shape index (κ1) is 33.4. The summed E-state index contributed by atoms with van der Waals surface area (Å²) >= 11 is 0. The van der Waals surface area contributed by atoms with E-state index >= 15 is 0 Å². The lowest BCUT2D eigenvalue weighted by Gasteiger charge is -2.39. The van der Waals surface area contributed by atoms with E-state index in [0.717, 1.165) is 72.7 Å². The first-order chi connectivity index (χ1) is 28.7. The number of nitrogens with zero attached hydrogens (tertiary/aromatic N) is 4. The largest absolute Gasteiger partial charge is 0.457 e. The van der Waals surface area contributed by atoms with Gasteiger partial charge in [-0.2, -0.15) is 5.26 Å². The van der Waals surface area contributed by atoms with Gasteiger partial charge in [0.15, 0.2) is 17.5 Å². The number of hydrogen-bond donors (Lipinski definition) is 0. The van der Waals surface area contributed by atoms with E-state index in [1.165, 1.54) is 11.1 Å². The predicted molar refractivity (Wildman–Crippen MR) is 229 cm³/mol. The van der Waals surface area contributed by atoms with Gasteiger partial charge in [0.25, 0.3) is 0 Å². The number of rotatable bonds is 5. The van der Waals surface area contributed by atoms with E-state index in [0.29, 0.717) is 23.0 Å². The van der Waals surface area contributed by atoms with Crippen LogP contribution in [0.1, 0.15) is 27.8 Å². The summed E-state index contributed by atoms with van der Waals surface area (Å²) < 4.78 is 6.57. The lowest BCUT2D eigenvalue weighted by Crippen LogP contribution is -2.32. The van der Waals surface area contributed by atoms with Crippen LogP contribution in [0.3, 0.4) is 0 Å². The second-order valence-electron chi connectivity index (χ2n) is 14.6. The summed E-state index contributed by atoms with van der Waals surface area (Å²) in [6, 6.07) is 69.1. The molecule has 2 heterocycles. The van der Waals surface area contributed by atoms with E-state index in [1.807, 2.05) is 97.1 Å². The lowest BCUT2D eigenvalue weighted by atomic mass is 9.66. The molecule has 1 aromatic heterocycles. The fourth-order valence-corrected chi connectivity index (χ4v) is 8.84. The van der Waals surface area contributed by atoms with E-state index in [-0.39, 0.29) is 0 Å². The Balaban J connectivity index is 1.07. The fourth-order valence-electron chi connectivity index (χ4n) is 8.84. The molecule has 0 unspecified atom stereocenters. The van der Waals surface area contributed by atoms with Gasteiger partial charge in [-0.3, -0.25) is 0 Å². The van der Waals surface area contributed by atoms with Gasteiger partial charge >= 0.3 is 0 Å². The summed E-state index contributed by atoms with van der Waals surface area (Å²) in [6.07, 6.45) is 0. The molecule has 0 N–H and O–H groups in total. The Kier molecular flexibility index (Phi) is 7.70. The topological polar surface area (TPSA) is 71.7 Å². The molecular weight excluding hydrogens is 709 g/mol. The monoisotopic (exact) mass is 740 g/mol. The van der Waals surface area contributed by atoms with Crippen LogP contribution in [-0.2, 0) is 5.41 Å². The summed E-state index contributed by atoms with van der Waals surface area (Å²) in [5.41, 5.74) is 13.8. The van der Waals surface area contributed by atoms with Crippen molar-refractivity contribution in [2.45, 2.75) is 5.41 Å². The van der Waals surface area contributed by atoms with Crippen molar-refractivity contribution in [2.75, 3.05) is 0 Å². The van der Waals surface area contributed by atoms with Crippen LogP contribution in [0.4, 0.5) is 0 Å². The number of aromatic nitrogens is 3. The molecular formula is C53H32N4O. The molecule has 11 rings (SSSR count). The van der Waals surface area contributed by atoms with E-state index in [1.54, 1.807) is 0 Å². The van der Waals surface area contributed by atoms with E-state index < -0.39 is 5.41 Å². The molecule has 1 aliphatic carbocycles. The van der Waals surface area contributed by atoms with Crippen LogP contribution in [0.5, 0.6) is 11.5 Å². The van der Waals surface area contributed by atoms with Gasteiger partial charge in [-0.15, -0.1) is 0 Å². The lowest BCUT2D eigenvalue weighted by molar-refractivity contribution is 0.436. The van der Waals surface area contributed by atoms with Crippen LogP contribution in [0.25, 0.3) is 67.5 Å². The minimum atomic E-state index is -0.600. The second kappa shape index (κ2) is 13.4. The van der Waals surface area contributed by atoms with Crippen LogP contribution >= 0.6 is 0 Å². The van der Waals surface area contributed by atoms with Crippen molar-refractivity contribution in [3.63, 3.8) is 0 Å². The van der Waals surface area contributed by atoms with Gasteiger partial charge in [0.1, 0.15) is 11.5 Å². The Morgan fingerprint density at radius 2 is 0.793 bits per heavy atom. The molecule has 0 bridgehead atoms. The quantitative estimate of drug-likeness (QED) is 0.176. The minimum Gasteiger partial charge on any atom is -0.457 e. The highest BCUT2D eigenvalue weighted by Gasteiger charge is 2.51. The number of ether oxygens (including phenoxy) is 1. The Labute approximate surface area is 336 Å². The smallest absolute Gasteiger partial charge is 0.164 e. The average Bonchev–Trinajstić information content (AvgIpc) is 3.58. The summed E-state index contributed by atoms with van der Waals surface area (Å²) in [7, 11) is 0. The third kappa shape index (κ3) is 5.20. The molecule has 0 atom stereocenters. The summed E-state index contributed by atoms with van der Waals surface area (Å²) in [6.45, 7) is 0. The summed E-state index contributed by atoms with van der Waals surface area (Å²) in [5, 5.41) is 10.1. The van der Waals surface area contributed by atoms with Gasteiger partial charge in [-0.25, -0.2) is 15.0 Å². The van der Waals surface area contributed by atoms with Crippen LogP contribution in [0.15, 0.2) is 194 Å². The third-order valence-corrected chi connectivity index (χ3v) is 11.5. The predicted octanol–water partition coefficient (Wildman–Crippen LogP) is 12.5. The van der Waals surface area contributed by atoms with Crippen LogP contribution < -0.4 is 4.74 Å². The summed E-state index contributed by atoms with van der Waals surface area (Å²) in [5.74, 6) is 3.58. The van der Waals surface area contributed by atoms with Crippen molar-refractivity contribution >= 4 is 0 Å². The fraction of sp³-hybridized carbons (Fsp3) is 0.0189. The molecule has 8 aromatic carbocycles. The average molecular weight is 741 g/mol. The van der Waals surface area contributed by atoms with Crippen molar-refractivity contribution in [2.24, 2.45) is 0 Å². The molecule has 1 spiro atoms. The maximum atomic E-state index is 10.1. The van der Waals surface area contributed by atoms with E-state index in [4.69, 9.17) is 19.7 Å². The van der Waals surface area contributed by atoms with Crippen molar-refractivity contribution in [3.05, 3.63) is 222 Å². The molecule has 270 valence electrons. The van der Waals surface area contributed by atoms with Crippen LogP contribution in [0, 0.1) is 11.3 Å². The molecule has 0 fully saturated rings. The highest BCUT2D eigenvalue weighted by atomic mass is 16.5. The Bertz CT molecular complexity index is 2990. The highest BCUT2D eigenvalue weighted by molar-refractivity contribution is 5.93. The molecule has 0 radical (unpaired) electrons. The van der Waals surface area contributed by atoms with Crippen molar-refractivity contribution in [1.82, 2.24) is 15.0 Å². The highest BCUT2D eigenvalue weighted by Crippen LogP contribution is 2.62. The van der Waals surface area contributed by atoms with Crippen molar-refractivity contribution < 1.29 is 4.74 Å². The molecule has 0 saturated carbocycles. The van der Waals surface area contributed by atoms with Gasteiger partial charge in [0, 0.05) is 27.8 Å². The number of nitriles is 1. The molecule has 5 nitrogen and oxygen atoms in total. The molecule has 0 saturated heterocycles. The van der Waals surface area contributed by atoms with Crippen LogP contribution in [0.2, 0.25) is 0 Å². The third-order valence-electron chi connectivity index (χ3n) is 11.5. The Hall–Kier alpha value is -7.94. The van der Waals surface area contributed by atoms with E-state index in [9.17, 15) is 5.26 Å². The molecule has 1 aliphatic heterocycles. The molecule has 0 amide bonds. The zero-order chi connectivity index (χ0) is 38.6. The first-order valence-corrected chi connectivity index (χ1v) is 19.3. The molecule has 2 aliphatic rings. The SMILES string of the molecule is N#Cc1ccccc1-c1ccc2c(c1)-c1cc(-c3ccc(-c4nc(-c5ccccc5)nc(-c5ccccc5)n4)cc3)ccc1C21c2ccccc2Oc2ccccc21. The number of hydrogen-bond acceptors (Lipinski definition) is 5. The van der Waals surface area contributed by atoms with Gasteiger partial charge in [0.05, 0.1) is 17.0 Å². The maximum absolute atomic E-state index is 10.1. The Morgan fingerprint density at radius 1 is 0.362 bits per heavy atom. The zero-order valence-corrected chi connectivity index (χ0v) is 31.2. The van der Waals surface area contributed by atoms with E-state index in [2.05, 4.69) is 103 Å². The van der Waals surface area contributed by atoms with Gasteiger partial charge < -0.3 is 4.74 Å². The zero-order valence-electron chi connectivity index (χ0n) is 31.2. The minimum absolute atomic E-state index is 0.600. The number of para-hydroxylation sites is 2. The second-order valence-corrected chi connectivity index (χ2v) is 14.6. The molecule has 9 aromatic rings. The van der Waals surface area contributed by atoms with Gasteiger partial charge in [-0.05, 0) is 74.8 Å². The molecule has 5 heteroatoms. The van der Waals surface area contributed by atoms with Gasteiger partial charge in [-0.1, -0.05) is 164 Å². The normalized spacial score (nSPS) is 12.7. The Morgan fingerprint density at radius 3 is 1.36 bits per heavy atom. The summed E-state index contributed by atoms with van der Waals surface area (Å²) in [4.78, 5) is 14.8. The van der Waals surface area contributed by atoms with Crippen LogP contribution in [-0.4, -0.2) is 15.0 Å². The van der Waals surface area contributed by atoms with Crippen molar-refractivity contribution in [3.8, 4) is 85.1 Å². The van der Waals surface area contributed by atoms with Crippen molar-refractivity contribution in [1.29, 1.82) is 5.26 Å². The number of benzene rings is 8. The molecule has 58 heavy (non-hydrogen) atoms. The first-order valence-electron chi connectivity index (χ1n) is 19.3. The standard InChI is InChI=1S/C53H32N4O/c54-33-40-17-7-8-18-41(40)39-28-30-45-43(32-39)42-31-38(27-29-44(42)53(45)46-19-9-11-21-48(46)58-49-22-12-10-20-47(49)53)34-23-25-37(26-24-34)52-56-50(35-13-3-1-4-14-35)55-51(57-52)36-15-5-2-6-16-36/h1-32H. The van der Waals surface area contributed by atoms with Gasteiger partial charge in [0.2, 0.25) is 0 Å². The maximum Gasteiger partial charge on any atom is 0.164 e. The number of fused-ring (bicyclic) bond motifs is 9.